The summed E-state index contributed by atoms with van der Waals surface area (Å²) in [6.45, 7) is 7.44. The van der Waals surface area contributed by atoms with E-state index in [1.807, 2.05) is 6.92 Å². The van der Waals surface area contributed by atoms with E-state index in [0.717, 1.165) is 0 Å². The van der Waals surface area contributed by atoms with Crippen LogP contribution in [0.3, 0.4) is 0 Å². The molecule has 0 saturated heterocycles. The van der Waals surface area contributed by atoms with Crippen molar-refractivity contribution in [3.8, 4) is 17.2 Å². The minimum atomic E-state index is -0.804. The van der Waals surface area contributed by atoms with E-state index in [-0.39, 0.29) is 11.7 Å². The Kier molecular flexibility index (Phi) is 8.63. The summed E-state index contributed by atoms with van der Waals surface area (Å²) in [5, 5.41) is 16.8. The Labute approximate surface area is 181 Å². The van der Waals surface area contributed by atoms with Crippen molar-refractivity contribution in [2.24, 2.45) is 5.10 Å². The SMILES string of the molecule is C=CCc1cc(C=NNC(=O)C(C)NC(=O)c2ccc(OC)cc2)cc(OCC)c1O. The highest BCUT2D eigenvalue weighted by atomic mass is 16.5. The predicted octanol–water partition coefficient (Wildman–Crippen LogP) is 2.80. The number of hydrogen-bond acceptors (Lipinski definition) is 6. The van der Waals surface area contributed by atoms with Crippen molar-refractivity contribution in [1.29, 1.82) is 0 Å². The number of aromatic hydroxyl groups is 1. The number of rotatable bonds is 10. The highest BCUT2D eigenvalue weighted by Gasteiger charge is 2.16. The Hall–Kier alpha value is -3.81. The van der Waals surface area contributed by atoms with Gasteiger partial charge in [0, 0.05) is 11.1 Å². The summed E-state index contributed by atoms with van der Waals surface area (Å²) in [5.74, 6) is 0.152. The van der Waals surface area contributed by atoms with Crippen molar-refractivity contribution in [3.63, 3.8) is 0 Å². The van der Waals surface area contributed by atoms with E-state index in [1.165, 1.54) is 13.3 Å². The van der Waals surface area contributed by atoms with Gasteiger partial charge in [0.05, 0.1) is 19.9 Å². The van der Waals surface area contributed by atoms with Crippen LogP contribution in [-0.4, -0.2) is 42.9 Å². The zero-order valence-electron chi connectivity index (χ0n) is 17.8. The Morgan fingerprint density at radius 3 is 2.58 bits per heavy atom. The van der Waals surface area contributed by atoms with Crippen LogP contribution >= 0.6 is 0 Å². The first-order valence-corrected chi connectivity index (χ1v) is 9.77. The number of hydrogen-bond donors (Lipinski definition) is 3. The third-order valence-corrected chi connectivity index (χ3v) is 4.32. The number of phenols is 1. The third kappa shape index (κ3) is 6.60. The van der Waals surface area contributed by atoms with Gasteiger partial charge in [0.15, 0.2) is 11.5 Å². The van der Waals surface area contributed by atoms with E-state index in [9.17, 15) is 14.7 Å². The lowest BCUT2D eigenvalue weighted by Gasteiger charge is -2.13. The molecular weight excluding hydrogens is 398 g/mol. The fourth-order valence-electron chi connectivity index (χ4n) is 2.70. The van der Waals surface area contributed by atoms with Crippen molar-refractivity contribution >= 4 is 18.0 Å². The summed E-state index contributed by atoms with van der Waals surface area (Å²) < 4.78 is 10.5. The average Bonchev–Trinajstić information content (AvgIpc) is 2.77. The maximum absolute atomic E-state index is 12.3. The molecule has 8 nitrogen and oxygen atoms in total. The Morgan fingerprint density at radius 2 is 1.97 bits per heavy atom. The van der Waals surface area contributed by atoms with E-state index in [4.69, 9.17) is 9.47 Å². The molecule has 0 aromatic heterocycles. The molecule has 0 fully saturated rings. The van der Waals surface area contributed by atoms with Crippen LogP contribution in [0.15, 0.2) is 54.2 Å². The quantitative estimate of drug-likeness (QED) is 0.308. The van der Waals surface area contributed by atoms with Gasteiger partial charge in [-0.25, -0.2) is 5.43 Å². The van der Waals surface area contributed by atoms with Gasteiger partial charge in [-0.15, -0.1) is 6.58 Å². The number of nitrogens with zero attached hydrogens (tertiary/aromatic N) is 1. The van der Waals surface area contributed by atoms with Crippen LogP contribution in [-0.2, 0) is 11.2 Å². The van der Waals surface area contributed by atoms with Crippen LogP contribution in [0.1, 0.15) is 35.3 Å². The van der Waals surface area contributed by atoms with E-state index in [2.05, 4.69) is 22.4 Å². The van der Waals surface area contributed by atoms with Gasteiger partial charge in [0.25, 0.3) is 11.8 Å². The molecule has 8 heteroatoms. The number of carbonyl (C=O) groups is 2. The molecule has 2 aromatic carbocycles. The van der Waals surface area contributed by atoms with Crippen LogP contribution in [0.25, 0.3) is 0 Å². The van der Waals surface area contributed by atoms with Crippen molar-refractivity contribution < 1.29 is 24.2 Å². The summed E-state index contributed by atoms with van der Waals surface area (Å²) in [6, 6.07) is 9.09. The number of amides is 2. The predicted molar refractivity (Wildman–Crippen MR) is 119 cm³/mol. The number of allylic oxidation sites excluding steroid dienone is 1. The molecule has 0 saturated carbocycles. The fraction of sp³-hybridized carbons (Fsp3) is 0.261. The number of carbonyl (C=O) groups excluding carboxylic acids is 2. The highest BCUT2D eigenvalue weighted by molar-refractivity contribution is 5.97. The molecule has 1 atom stereocenters. The molecule has 0 aliphatic heterocycles. The molecule has 1 unspecified atom stereocenters. The second-order valence-electron chi connectivity index (χ2n) is 6.61. The van der Waals surface area contributed by atoms with Gasteiger partial charge in [0.2, 0.25) is 0 Å². The minimum absolute atomic E-state index is 0.0535. The Balaban J connectivity index is 2.00. The fourth-order valence-corrected chi connectivity index (χ4v) is 2.70. The molecule has 0 aliphatic carbocycles. The van der Waals surface area contributed by atoms with Gasteiger partial charge >= 0.3 is 0 Å². The lowest BCUT2D eigenvalue weighted by molar-refractivity contribution is -0.122. The maximum atomic E-state index is 12.3. The summed E-state index contributed by atoms with van der Waals surface area (Å²) >= 11 is 0. The average molecular weight is 425 g/mol. The van der Waals surface area contributed by atoms with Crippen LogP contribution < -0.4 is 20.2 Å². The van der Waals surface area contributed by atoms with Crippen LogP contribution in [0.4, 0.5) is 0 Å². The number of nitrogens with one attached hydrogen (secondary N) is 2. The van der Waals surface area contributed by atoms with Crippen LogP contribution in [0.2, 0.25) is 0 Å². The van der Waals surface area contributed by atoms with E-state index in [0.29, 0.717) is 41.2 Å². The summed E-state index contributed by atoms with van der Waals surface area (Å²) in [7, 11) is 1.54. The standard InChI is InChI=1S/C23H27N3O5/c1-5-7-18-12-16(13-20(21(18)27)31-6-2)14-24-26-22(28)15(3)25-23(29)17-8-10-19(30-4)11-9-17/h5,8-15,27H,1,6-7H2,2-4H3,(H,25,29)(H,26,28). The normalized spacial score (nSPS) is 11.6. The van der Waals surface area contributed by atoms with Gasteiger partial charge in [-0.1, -0.05) is 6.08 Å². The third-order valence-electron chi connectivity index (χ3n) is 4.32. The molecule has 2 rings (SSSR count). The van der Waals surface area contributed by atoms with Crippen LogP contribution in [0, 0.1) is 0 Å². The first-order chi connectivity index (χ1) is 14.9. The molecule has 164 valence electrons. The second-order valence-corrected chi connectivity index (χ2v) is 6.61. The van der Waals surface area contributed by atoms with Crippen molar-refractivity contribution in [3.05, 3.63) is 65.7 Å². The molecule has 31 heavy (non-hydrogen) atoms. The minimum Gasteiger partial charge on any atom is -0.504 e. The highest BCUT2D eigenvalue weighted by Crippen LogP contribution is 2.31. The number of benzene rings is 2. The van der Waals surface area contributed by atoms with Crippen molar-refractivity contribution in [2.75, 3.05) is 13.7 Å². The first-order valence-electron chi connectivity index (χ1n) is 9.77. The number of ether oxygens (including phenoxy) is 2. The van der Waals surface area contributed by atoms with E-state index in [1.54, 1.807) is 49.4 Å². The van der Waals surface area contributed by atoms with Crippen LogP contribution in [0.5, 0.6) is 17.2 Å². The maximum Gasteiger partial charge on any atom is 0.262 e. The van der Waals surface area contributed by atoms with Gasteiger partial charge < -0.3 is 19.9 Å². The first kappa shape index (κ1) is 23.5. The van der Waals surface area contributed by atoms with E-state index >= 15 is 0 Å². The smallest absolute Gasteiger partial charge is 0.262 e. The van der Waals surface area contributed by atoms with Gasteiger partial charge in [-0.3, -0.25) is 9.59 Å². The summed E-state index contributed by atoms with van der Waals surface area (Å²) in [4.78, 5) is 24.5. The van der Waals surface area contributed by atoms with Gasteiger partial charge in [-0.2, -0.15) is 5.10 Å². The molecule has 0 bridgehead atoms. The molecule has 0 aliphatic rings. The topological polar surface area (TPSA) is 109 Å². The lowest BCUT2D eigenvalue weighted by atomic mass is 10.1. The summed E-state index contributed by atoms with van der Waals surface area (Å²) in [6.07, 6.45) is 3.56. The largest absolute Gasteiger partial charge is 0.504 e. The van der Waals surface area contributed by atoms with Gasteiger partial charge in [-0.05, 0) is 62.2 Å². The zero-order chi connectivity index (χ0) is 22.8. The molecular formula is C23H27N3O5. The van der Waals surface area contributed by atoms with E-state index < -0.39 is 11.9 Å². The second kappa shape index (κ2) is 11.4. The van der Waals surface area contributed by atoms with Crippen molar-refractivity contribution in [1.82, 2.24) is 10.7 Å². The Bertz CT molecular complexity index is 954. The summed E-state index contributed by atoms with van der Waals surface area (Å²) in [5.41, 5.74) is 4.07. The molecule has 0 heterocycles. The Morgan fingerprint density at radius 1 is 1.26 bits per heavy atom. The van der Waals surface area contributed by atoms with Gasteiger partial charge in [0.1, 0.15) is 11.8 Å². The number of methoxy groups -OCH3 is 1. The zero-order valence-corrected chi connectivity index (χ0v) is 17.8. The molecule has 2 amide bonds. The number of phenolic OH excluding ortho intramolecular Hbond substituents is 1. The molecule has 3 N–H and O–H groups in total. The molecule has 2 aromatic rings. The molecule has 0 spiro atoms. The monoisotopic (exact) mass is 425 g/mol. The molecule has 0 radical (unpaired) electrons. The van der Waals surface area contributed by atoms with Crippen molar-refractivity contribution in [2.45, 2.75) is 26.3 Å². The lowest BCUT2D eigenvalue weighted by Crippen LogP contribution is -2.43. The number of hydrazone groups is 1.